The van der Waals surface area contributed by atoms with Gasteiger partial charge in [-0.15, -0.1) is 0 Å². The van der Waals surface area contributed by atoms with Crippen LogP contribution in [0.15, 0.2) is 29.0 Å². The molecule has 15 heavy (non-hydrogen) atoms. The lowest BCUT2D eigenvalue weighted by Crippen LogP contribution is -2.12. The molecule has 0 aliphatic rings. The summed E-state index contributed by atoms with van der Waals surface area (Å²) in [4.78, 5) is 4.35. The van der Waals surface area contributed by atoms with E-state index in [1.54, 1.807) is 6.26 Å². The zero-order chi connectivity index (χ0) is 10.7. The third-order valence-corrected chi connectivity index (χ3v) is 2.46. The summed E-state index contributed by atoms with van der Waals surface area (Å²) < 4.78 is 7.38. The van der Waals surface area contributed by atoms with E-state index in [1.165, 1.54) is 5.69 Å². The van der Waals surface area contributed by atoms with Crippen molar-refractivity contribution in [2.45, 2.75) is 6.42 Å². The Labute approximate surface area is 88.9 Å². The molecule has 80 valence electrons. The van der Waals surface area contributed by atoms with Crippen molar-refractivity contribution in [3.63, 3.8) is 0 Å². The fourth-order valence-electron chi connectivity index (χ4n) is 1.56. The zero-order valence-corrected chi connectivity index (χ0v) is 9.03. The van der Waals surface area contributed by atoms with Gasteiger partial charge in [0.15, 0.2) is 11.6 Å². The van der Waals surface area contributed by atoms with Crippen molar-refractivity contribution in [1.29, 1.82) is 0 Å². The third-order valence-electron chi connectivity index (χ3n) is 2.46. The van der Waals surface area contributed by atoms with Gasteiger partial charge in [-0.3, -0.25) is 0 Å². The molecule has 0 fully saturated rings. The number of imidazole rings is 1. The van der Waals surface area contributed by atoms with Gasteiger partial charge in [0.05, 0.1) is 6.26 Å². The highest BCUT2D eigenvalue weighted by Crippen LogP contribution is 2.18. The number of rotatable bonds is 4. The molecule has 2 heterocycles. The van der Waals surface area contributed by atoms with Crippen LogP contribution < -0.4 is 5.32 Å². The van der Waals surface area contributed by atoms with Gasteiger partial charge in [0.25, 0.3) is 0 Å². The van der Waals surface area contributed by atoms with Crippen molar-refractivity contribution in [3.8, 4) is 11.6 Å². The van der Waals surface area contributed by atoms with E-state index >= 15 is 0 Å². The molecule has 2 rings (SSSR count). The average Bonchev–Trinajstić information content (AvgIpc) is 2.84. The Hall–Kier alpha value is -1.55. The SMILES string of the molecule is CNCCc1cnc(-c2ccco2)n1C. The first-order chi connectivity index (χ1) is 7.33. The molecule has 0 radical (unpaired) electrons. The van der Waals surface area contributed by atoms with Crippen molar-refractivity contribution in [1.82, 2.24) is 14.9 Å². The van der Waals surface area contributed by atoms with Gasteiger partial charge in [-0.1, -0.05) is 0 Å². The monoisotopic (exact) mass is 205 g/mol. The van der Waals surface area contributed by atoms with E-state index in [0.29, 0.717) is 0 Å². The largest absolute Gasteiger partial charge is 0.461 e. The van der Waals surface area contributed by atoms with Gasteiger partial charge in [0.2, 0.25) is 0 Å². The molecule has 0 aliphatic heterocycles. The number of hydrogen-bond acceptors (Lipinski definition) is 3. The summed E-state index contributed by atoms with van der Waals surface area (Å²) in [6.07, 6.45) is 4.53. The molecule has 0 amide bonds. The van der Waals surface area contributed by atoms with Crippen LogP contribution in [0.4, 0.5) is 0 Å². The van der Waals surface area contributed by atoms with Gasteiger partial charge in [0, 0.05) is 31.9 Å². The lowest BCUT2D eigenvalue weighted by atomic mass is 10.3. The minimum atomic E-state index is 0.813. The number of hydrogen-bond donors (Lipinski definition) is 1. The molecule has 0 atom stereocenters. The Morgan fingerprint density at radius 2 is 2.40 bits per heavy atom. The Kier molecular flexibility index (Phi) is 2.87. The number of aromatic nitrogens is 2. The van der Waals surface area contributed by atoms with Crippen LogP contribution in [-0.2, 0) is 13.5 Å². The molecule has 2 aromatic rings. The van der Waals surface area contributed by atoms with E-state index in [4.69, 9.17) is 4.42 Å². The van der Waals surface area contributed by atoms with Crippen LogP contribution in [0.3, 0.4) is 0 Å². The summed E-state index contributed by atoms with van der Waals surface area (Å²) >= 11 is 0. The lowest BCUT2D eigenvalue weighted by Gasteiger charge is -2.03. The Bertz CT molecular complexity index is 417. The smallest absolute Gasteiger partial charge is 0.176 e. The van der Waals surface area contributed by atoms with Crippen molar-refractivity contribution < 1.29 is 4.42 Å². The summed E-state index contributed by atoms with van der Waals surface area (Å²) in [5.41, 5.74) is 1.20. The lowest BCUT2D eigenvalue weighted by molar-refractivity contribution is 0.573. The second-order valence-corrected chi connectivity index (χ2v) is 3.46. The normalized spacial score (nSPS) is 10.8. The maximum Gasteiger partial charge on any atom is 0.176 e. The van der Waals surface area contributed by atoms with E-state index in [9.17, 15) is 0 Å². The zero-order valence-electron chi connectivity index (χ0n) is 9.03. The van der Waals surface area contributed by atoms with Crippen LogP contribution in [-0.4, -0.2) is 23.1 Å². The summed E-state index contributed by atoms with van der Waals surface area (Å²) in [7, 11) is 3.96. The Morgan fingerprint density at radius 1 is 1.53 bits per heavy atom. The second-order valence-electron chi connectivity index (χ2n) is 3.46. The second kappa shape index (κ2) is 4.31. The van der Waals surface area contributed by atoms with Crippen molar-refractivity contribution in [3.05, 3.63) is 30.3 Å². The fraction of sp³-hybridized carbons (Fsp3) is 0.364. The number of likely N-dealkylation sites (N-methyl/N-ethyl adjacent to an activating group) is 1. The predicted molar refractivity (Wildman–Crippen MR) is 58.5 cm³/mol. The van der Waals surface area contributed by atoms with Crippen molar-refractivity contribution in [2.75, 3.05) is 13.6 Å². The molecule has 0 bridgehead atoms. The highest BCUT2D eigenvalue weighted by Gasteiger charge is 2.09. The molecule has 0 aliphatic carbocycles. The van der Waals surface area contributed by atoms with Crippen molar-refractivity contribution >= 4 is 0 Å². The molecule has 4 nitrogen and oxygen atoms in total. The third kappa shape index (κ3) is 1.94. The predicted octanol–water partition coefficient (Wildman–Crippen LogP) is 1.44. The van der Waals surface area contributed by atoms with Crippen molar-refractivity contribution in [2.24, 2.45) is 7.05 Å². The summed E-state index contributed by atoms with van der Waals surface area (Å²) in [6, 6.07) is 3.79. The standard InChI is InChI=1S/C11H15N3O/c1-12-6-5-9-8-13-11(14(9)2)10-4-3-7-15-10/h3-4,7-8,12H,5-6H2,1-2H3. The Balaban J connectivity index is 2.24. The van der Waals surface area contributed by atoms with E-state index in [1.807, 2.05) is 32.4 Å². The van der Waals surface area contributed by atoms with E-state index in [0.717, 1.165) is 24.6 Å². The maximum atomic E-state index is 5.32. The first kappa shape index (κ1) is 9.98. The topological polar surface area (TPSA) is 43.0 Å². The maximum absolute atomic E-state index is 5.32. The van der Waals surface area contributed by atoms with Gasteiger partial charge in [-0.25, -0.2) is 4.98 Å². The summed E-state index contributed by atoms with van der Waals surface area (Å²) in [6.45, 7) is 0.955. The quantitative estimate of drug-likeness (QED) is 0.821. The van der Waals surface area contributed by atoms with E-state index < -0.39 is 0 Å². The molecule has 0 unspecified atom stereocenters. The molecule has 0 spiro atoms. The van der Waals surface area contributed by atoms with Crippen LogP contribution in [0.25, 0.3) is 11.6 Å². The molecule has 0 saturated heterocycles. The minimum absolute atomic E-state index is 0.813. The molecular formula is C11H15N3O. The molecule has 2 aromatic heterocycles. The average molecular weight is 205 g/mol. The number of nitrogens with zero attached hydrogens (tertiary/aromatic N) is 2. The number of furan rings is 1. The van der Waals surface area contributed by atoms with Crippen LogP contribution in [0.2, 0.25) is 0 Å². The Morgan fingerprint density at radius 3 is 3.07 bits per heavy atom. The first-order valence-corrected chi connectivity index (χ1v) is 5.02. The summed E-state index contributed by atoms with van der Waals surface area (Å²) in [5, 5.41) is 3.12. The van der Waals surface area contributed by atoms with E-state index in [-0.39, 0.29) is 0 Å². The minimum Gasteiger partial charge on any atom is -0.461 e. The van der Waals surface area contributed by atoms with Crippen LogP contribution in [0.5, 0.6) is 0 Å². The van der Waals surface area contributed by atoms with Gasteiger partial charge in [0.1, 0.15) is 0 Å². The fourth-order valence-corrected chi connectivity index (χ4v) is 1.56. The van der Waals surface area contributed by atoms with Gasteiger partial charge >= 0.3 is 0 Å². The first-order valence-electron chi connectivity index (χ1n) is 5.02. The molecular weight excluding hydrogens is 190 g/mol. The molecule has 4 heteroatoms. The van der Waals surface area contributed by atoms with Gasteiger partial charge in [-0.05, 0) is 19.2 Å². The van der Waals surface area contributed by atoms with E-state index in [2.05, 4.69) is 14.9 Å². The van der Waals surface area contributed by atoms with Gasteiger partial charge < -0.3 is 14.3 Å². The highest BCUT2D eigenvalue weighted by molar-refractivity contribution is 5.47. The van der Waals surface area contributed by atoms with Gasteiger partial charge in [-0.2, -0.15) is 0 Å². The summed E-state index contributed by atoms with van der Waals surface area (Å²) in [5.74, 6) is 1.69. The highest BCUT2D eigenvalue weighted by atomic mass is 16.3. The van der Waals surface area contributed by atoms with Crippen LogP contribution in [0, 0.1) is 0 Å². The molecule has 0 aromatic carbocycles. The van der Waals surface area contributed by atoms with Crippen LogP contribution >= 0.6 is 0 Å². The molecule has 1 N–H and O–H groups in total. The number of nitrogens with one attached hydrogen (secondary N) is 1. The van der Waals surface area contributed by atoms with Crippen LogP contribution in [0.1, 0.15) is 5.69 Å². The molecule has 0 saturated carbocycles.